The molecular weight excluding hydrogens is 410 g/mol. The van der Waals surface area contributed by atoms with Crippen molar-refractivity contribution >= 4 is 11.7 Å². The van der Waals surface area contributed by atoms with Gasteiger partial charge in [0.05, 0.1) is 25.4 Å². The third-order valence-corrected chi connectivity index (χ3v) is 6.50. The molecule has 5 rings (SSSR count). The van der Waals surface area contributed by atoms with E-state index >= 15 is 0 Å². The van der Waals surface area contributed by atoms with E-state index in [-0.39, 0.29) is 12.1 Å². The van der Waals surface area contributed by atoms with Crippen LogP contribution in [0.2, 0.25) is 0 Å². The first-order valence-electron chi connectivity index (χ1n) is 11.1. The van der Waals surface area contributed by atoms with Crippen molar-refractivity contribution < 1.29 is 9.53 Å². The van der Waals surface area contributed by atoms with Crippen LogP contribution in [0.3, 0.4) is 0 Å². The van der Waals surface area contributed by atoms with Gasteiger partial charge in [0, 0.05) is 17.6 Å². The van der Waals surface area contributed by atoms with E-state index in [0.717, 1.165) is 45.1 Å². The molecule has 1 aliphatic heterocycles. The van der Waals surface area contributed by atoms with Crippen molar-refractivity contribution in [1.29, 1.82) is 0 Å². The normalized spacial score (nSPS) is 14.8. The van der Waals surface area contributed by atoms with Gasteiger partial charge in [-0.3, -0.25) is 0 Å². The molecule has 5 nitrogen and oxygen atoms in total. The van der Waals surface area contributed by atoms with Crippen LogP contribution in [0.15, 0.2) is 85.1 Å². The van der Waals surface area contributed by atoms with E-state index in [0.29, 0.717) is 6.54 Å². The lowest BCUT2D eigenvalue weighted by molar-refractivity contribution is 0.194. The molecule has 3 aromatic carbocycles. The van der Waals surface area contributed by atoms with E-state index in [1.54, 1.807) is 7.11 Å². The Bertz CT molecular complexity index is 1310. The number of rotatable bonds is 3. The third-order valence-electron chi connectivity index (χ3n) is 6.50. The first-order valence-corrected chi connectivity index (χ1v) is 11.1. The lowest BCUT2D eigenvalue weighted by Gasteiger charge is -2.31. The van der Waals surface area contributed by atoms with Crippen molar-refractivity contribution in [1.82, 2.24) is 9.47 Å². The van der Waals surface area contributed by atoms with E-state index in [4.69, 9.17) is 4.74 Å². The smallest absolute Gasteiger partial charge is 0.322 e. The van der Waals surface area contributed by atoms with Crippen molar-refractivity contribution in [2.75, 3.05) is 12.4 Å². The van der Waals surface area contributed by atoms with Gasteiger partial charge < -0.3 is 19.5 Å². The van der Waals surface area contributed by atoms with Gasteiger partial charge in [-0.05, 0) is 72.5 Å². The topological polar surface area (TPSA) is 46.5 Å². The summed E-state index contributed by atoms with van der Waals surface area (Å²) in [5.74, 6) is 0.789. The highest BCUT2D eigenvalue weighted by Crippen LogP contribution is 2.37. The summed E-state index contributed by atoms with van der Waals surface area (Å²) in [5, 5.41) is 3.18. The number of hydrogen-bond acceptors (Lipinski definition) is 2. The molecule has 0 aliphatic carbocycles. The average Bonchev–Trinajstić information content (AvgIpc) is 3.26. The Morgan fingerprint density at radius 1 is 0.939 bits per heavy atom. The Labute approximate surface area is 194 Å². The molecular formula is C28H27N3O2. The number of carbonyl (C=O) groups excluding carboxylic acids is 1. The molecule has 0 fully saturated rings. The Morgan fingerprint density at radius 3 is 2.52 bits per heavy atom. The molecule has 0 unspecified atom stereocenters. The van der Waals surface area contributed by atoms with Crippen LogP contribution in [-0.2, 0) is 6.54 Å². The summed E-state index contributed by atoms with van der Waals surface area (Å²) in [4.78, 5) is 15.7. The molecule has 0 saturated heterocycles. The molecule has 1 aliphatic rings. The van der Waals surface area contributed by atoms with E-state index in [2.05, 4.69) is 47.3 Å². The SMILES string of the molecule is COc1ccc([C@@H]2c3cccn3-c3ccccc3CN2C(=O)Nc2cccc(C)c2C)cc1. The maximum atomic E-state index is 13.8. The molecule has 2 amide bonds. The van der Waals surface area contributed by atoms with Crippen LogP contribution in [0, 0.1) is 13.8 Å². The van der Waals surface area contributed by atoms with E-state index in [9.17, 15) is 4.79 Å². The van der Waals surface area contributed by atoms with E-state index < -0.39 is 0 Å². The summed E-state index contributed by atoms with van der Waals surface area (Å²) in [5.41, 5.74) is 7.32. The van der Waals surface area contributed by atoms with Gasteiger partial charge in [0.15, 0.2) is 0 Å². The largest absolute Gasteiger partial charge is 0.497 e. The Hall–Kier alpha value is -3.99. The number of nitrogens with zero attached hydrogens (tertiary/aromatic N) is 2. The lowest BCUT2D eigenvalue weighted by atomic mass is 10.0. The number of nitrogens with one attached hydrogen (secondary N) is 1. The van der Waals surface area contributed by atoms with Crippen LogP contribution in [0.25, 0.3) is 5.69 Å². The third kappa shape index (κ3) is 3.76. The second-order valence-electron chi connectivity index (χ2n) is 8.41. The fraction of sp³-hybridized carbons (Fsp3) is 0.179. The molecule has 1 atom stereocenters. The van der Waals surface area contributed by atoms with Gasteiger partial charge >= 0.3 is 6.03 Å². The Morgan fingerprint density at radius 2 is 1.73 bits per heavy atom. The number of anilines is 1. The fourth-order valence-corrected chi connectivity index (χ4v) is 4.55. The number of para-hydroxylation sites is 1. The minimum Gasteiger partial charge on any atom is -0.497 e. The summed E-state index contributed by atoms with van der Waals surface area (Å²) in [7, 11) is 1.66. The maximum absolute atomic E-state index is 13.8. The molecule has 2 heterocycles. The molecule has 4 aromatic rings. The number of hydrogen-bond donors (Lipinski definition) is 1. The molecule has 0 radical (unpaired) electrons. The highest BCUT2D eigenvalue weighted by Gasteiger charge is 2.33. The fourth-order valence-electron chi connectivity index (χ4n) is 4.55. The van der Waals surface area contributed by atoms with Gasteiger partial charge in [0.25, 0.3) is 0 Å². The molecule has 1 N–H and O–H groups in total. The highest BCUT2D eigenvalue weighted by molar-refractivity contribution is 5.91. The number of methoxy groups -OCH3 is 1. The summed E-state index contributed by atoms with van der Waals surface area (Å²) >= 11 is 0. The number of urea groups is 1. The Kier molecular flexibility index (Phi) is 5.38. The second kappa shape index (κ2) is 8.51. The molecule has 33 heavy (non-hydrogen) atoms. The van der Waals surface area contributed by atoms with Crippen molar-refractivity contribution in [2.24, 2.45) is 0 Å². The number of benzene rings is 3. The first-order chi connectivity index (χ1) is 16.1. The zero-order valence-electron chi connectivity index (χ0n) is 19.1. The summed E-state index contributed by atoms with van der Waals surface area (Å²) in [6, 6.07) is 25.9. The lowest BCUT2D eigenvalue weighted by Crippen LogP contribution is -2.38. The number of aromatic nitrogens is 1. The number of ether oxygens (including phenoxy) is 1. The summed E-state index contributed by atoms with van der Waals surface area (Å²) < 4.78 is 7.56. The van der Waals surface area contributed by atoms with Crippen molar-refractivity contribution in [3.05, 3.63) is 113 Å². The van der Waals surface area contributed by atoms with Gasteiger partial charge in [-0.25, -0.2) is 4.79 Å². The minimum absolute atomic E-state index is 0.131. The summed E-state index contributed by atoms with van der Waals surface area (Å²) in [6.45, 7) is 4.58. The first kappa shape index (κ1) is 20.9. The Balaban J connectivity index is 1.63. The molecule has 166 valence electrons. The van der Waals surface area contributed by atoms with Gasteiger partial charge in [0.2, 0.25) is 0 Å². The number of fused-ring (bicyclic) bond motifs is 3. The summed E-state index contributed by atoms with van der Waals surface area (Å²) in [6.07, 6.45) is 2.07. The predicted octanol–water partition coefficient (Wildman–Crippen LogP) is 6.24. The maximum Gasteiger partial charge on any atom is 0.322 e. The van der Waals surface area contributed by atoms with Crippen LogP contribution >= 0.6 is 0 Å². The highest BCUT2D eigenvalue weighted by atomic mass is 16.5. The molecule has 5 heteroatoms. The molecule has 0 bridgehead atoms. The van der Waals surface area contributed by atoms with Crippen molar-refractivity contribution in [2.45, 2.75) is 26.4 Å². The van der Waals surface area contributed by atoms with Crippen molar-refractivity contribution in [3.8, 4) is 11.4 Å². The van der Waals surface area contributed by atoms with Crippen LogP contribution < -0.4 is 10.1 Å². The van der Waals surface area contributed by atoms with Gasteiger partial charge in [-0.1, -0.05) is 42.5 Å². The predicted molar refractivity (Wildman–Crippen MR) is 131 cm³/mol. The standard InChI is InChI=1S/C28H27N3O2/c1-19-8-6-10-24(20(19)2)29-28(32)31-18-22-9-4-5-11-25(22)30-17-7-12-26(30)27(31)21-13-15-23(33-3)16-14-21/h4-17,27H,18H2,1-3H3,(H,29,32)/t27-/m1/s1. The minimum atomic E-state index is -0.261. The monoisotopic (exact) mass is 437 g/mol. The van der Waals surface area contributed by atoms with Crippen LogP contribution in [-0.4, -0.2) is 22.6 Å². The zero-order valence-corrected chi connectivity index (χ0v) is 19.1. The van der Waals surface area contributed by atoms with Crippen LogP contribution in [0.1, 0.15) is 34.0 Å². The zero-order chi connectivity index (χ0) is 22.9. The van der Waals surface area contributed by atoms with E-state index in [1.165, 1.54) is 0 Å². The van der Waals surface area contributed by atoms with E-state index in [1.807, 2.05) is 66.4 Å². The number of amides is 2. The van der Waals surface area contributed by atoms with Crippen LogP contribution in [0.5, 0.6) is 5.75 Å². The second-order valence-corrected chi connectivity index (χ2v) is 8.41. The quantitative estimate of drug-likeness (QED) is 0.412. The molecule has 0 saturated carbocycles. The molecule has 0 spiro atoms. The van der Waals surface area contributed by atoms with Crippen molar-refractivity contribution in [3.63, 3.8) is 0 Å². The van der Waals surface area contributed by atoms with Gasteiger partial charge in [-0.15, -0.1) is 0 Å². The number of carbonyl (C=O) groups is 1. The van der Waals surface area contributed by atoms with Gasteiger partial charge in [-0.2, -0.15) is 0 Å². The average molecular weight is 438 g/mol. The number of aryl methyl sites for hydroxylation is 1. The molecule has 1 aromatic heterocycles. The van der Waals surface area contributed by atoms with Gasteiger partial charge in [0.1, 0.15) is 5.75 Å². The van der Waals surface area contributed by atoms with Crippen LogP contribution in [0.4, 0.5) is 10.5 Å².